The standard InChI is InChI=1S/C18H17FN2O6S/c1-26-14-4-2-12(3-5-14)6-7-27-16-9-13(11-22)8-15(19)18(16)21-10-17(23)20-28(21,24)25/h2-5,8-9,11H,6-7,10H2,1H3,(H,20,23). The fourth-order valence-electron chi connectivity index (χ4n) is 2.73. The molecule has 2 aromatic rings. The number of halogens is 1. The van der Waals surface area contributed by atoms with Gasteiger partial charge in [-0.15, -0.1) is 0 Å². The summed E-state index contributed by atoms with van der Waals surface area (Å²) in [5.74, 6) is -1.22. The molecule has 3 rings (SSSR count). The normalized spacial score (nSPS) is 15.2. The van der Waals surface area contributed by atoms with Crippen molar-refractivity contribution in [3.63, 3.8) is 0 Å². The number of ether oxygens (including phenoxy) is 2. The number of carbonyl (C=O) groups excluding carboxylic acids is 2. The van der Waals surface area contributed by atoms with Crippen LogP contribution in [0.25, 0.3) is 0 Å². The number of rotatable bonds is 7. The number of anilines is 1. The van der Waals surface area contributed by atoms with Crippen molar-refractivity contribution in [2.75, 3.05) is 24.6 Å². The molecule has 0 spiro atoms. The van der Waals surface area contributed by atoms with E-state index in [0.717, 1.165) is 11.6 Å². The van der Waals surface area contributed by atoms with E-state index in [2.05, 4.69) is 0 Å². The number of carbonyl (C=O) groups is 2. The number of nitrogens with zero attached hydrogens (tertiary/aromatic N) is 1. The molecule has 1 N–H and O–H groups in total. The average molecular weight is 408 g/mol. The Morgan fingerprint density at radius 1 is 1.25 bits per heavy atom. The Labute approximate surface area is 161 Å². The van der Waals surface area contributed by atoms with Gasteiger partial charge in [0.15, 0.2) is 5.82 Å². The molecule has 1 heterocycles. The number of aldehydes is 1. The third-order valence-corrected chi connectivity index (χ3v) is 5.44. The molecule has 0 aliphatic carbocycles. The topological polar surface area (TPSA) is 102 Å². The first kappa shape index (κ1) is 19.6. The fourth-order valence-corrected chi connectivity index (χ4v) is 3.90. The quantitative estimate of drug-likeness (QED) is 0.696. The maximum atomic E-state index is 14.6. The van der Waals surface area contributed by atoms with Crippen molar-refractivity contribution in [2.45, 2.75) is 6.42 Å². The Bertz CT molecular complexity index is 1010. The van der Waals surface area contributed by atoms with Crippen LogP contribution in [0.5, 0.6) is 11.5 Å². The number of nitrogens with one attached hydrogen (secondary N) is 1. The monoisotopic (exact) mass is 408 g/mol. The molecule has 1 aliphatic heterocycles. The van der Waals surface area contributed by atoms with Gasteiger partial charge in [-0.05, 0) is 29.8 Å². The highest BCUT2D eigenvalue weighted by molar-refractivity contribution is 7.92. The van der Waals surface area contributed by atoms with E-state index in [0.29, 0.717) is 22.8 Å². The zero-order chi connectivity index (χ0) is 20.3. The summed E-state index contributed by atoms with van der Waals surface area (Å²) in [5.41, 5.74) is 0.482. The molecule has 0 saturated carbocycles. The minimum Gasteiger partial charge on any atom is -0.497 e. The molecular weight excluding hydrogens is 391 g/mol. The van der Waals surface area contributed by atoms with Gasteiger partial charge in [-0.2, -0.15) is 8.42 Å². The first-order chi connectivity index (χ1) is 13.3. The Morgan fingerprint density at radius 3 is 2.54 bits per heavy atom. The van der Waals surface area contributed by atoms with Crippen LogP contribution in [0.15, 0.2) is 36.4 Å². The second kappa shape index (κ2) is 7.85. The fraction of sp³-hybridized carbons (Fsp3) is 0.222. The van der Waals surface area contributed by atoms with Crippen LogP contribution in [0.1, 0.15) is 15.9 Å². The van der Waals surface area contributed by atoms with Crippen LogP contribution >= 0.6 is 0 Å². The summed E-state index contributed by atoms with van der Waals surface area (Å²) >= 11 is 0. The van der Waals surface area contributed by atoms with Crippen LogP contribution in [0.4, 0.5) is 10.1 Å². The van der Waals surface area contributed by atoms with Crippen molar-refractivity contribution in [1.82, 2.24) is 4.72 Å². The SMILES string of the molecule is COc1ccc(CCOc2cc(C=O)cc(F)c2N2CC(=O)NS2(=O)=O)cc1. The van der Waals surface area contributed by atoms with Gasteiger partial charge in [0.05, 0.1) is 13.7 Å². The second-order valence-corrected chi connectivity index (χ2v) is 7.55. The molecule has 0 bridgehead atoms. The van der Waals surface area contributed by atoms with Gasteiger partial charge in [-0.25, -0.2) is 13.4 Å². The van der Waals surface area contributed by atoms with Crippen LogP contribution in [0.3, 0.4) is 0 Å². The van der Waals surface area contributed by atoms with Gasteiger partial charge in [-0.3, -0.25) is 9.59 Å². The van der Waals surface area contributed by atoms with E-state index in [9.17, 15) is 22.4 Å². The highest BCUT2D eigenvalue weighted by Gasteiger charge is 2.37. The molecule has 0 atom stereocenters. The van der Waals surface area contributed by atoms with Crippen molar-refractivity contribution in [2.24, 2.45) is 0 Å². The first-order valence-corrected chi connectivity index (χ1v) is 9.66. The predicted molar refractivity (Wildman–Crippen MR) is 98.4 cm³/mol. The summed E-state index contributed by atoms with van der Waals surface area (Å²) in [6.07, 6.45) is 0.866. The van der Waals surface area contributed by atoms with Gasteiger partial charge in [-0.1, -0.05) is 12.1 Å². The first-order valence-electron chi connectivity index (χ1n) is 8.22. The lowest BCUT2D eigenvalue weighted by atomic mass is 10.1. The third kappa shape index (κ3) is 4.06. The van der Waals surface area contributed by atoms with Crippen molar-refractivity contribution in [3.05, 3.63) is 53.3 Å². The number of methoxy groups -OCH3 is 1. The summed E-state index contributed by atoms with van der Waals surface area (Å²) in [7, 11) is -2.67. The largest absolute Gasteiger partial charge is 0.497 e. The average Bonchev–Trinajstić information content (AvgIpc) is 2.93. The molecule has 1 aliphatic rings. The Kier molecular flexibility index (Phi) is 5.50. The highest BCUT2D eigenvalue weighted by atomic mass is 32.2. The molecule has 148 valence electrons. The van der Waals surface area contributed by atoms with Crippen LogP contribution in [-0.2, 0) is 21.4 Å². The molecule has 0 radical (unpaired) electrons. The molecular formula is C18H17FN2O6S. The Hall–Kier alpha value is -3.14. The minimum absolute atomic E-state index is 0.0171. The zero-order valence-corrected chi connectivity index (χ0v) is 15.7. The molecule has 1 amide bonds. The lowest BCUT2D eigenvalue weighted by Gasteiger charge is -2.20. The van der Waals surface area contributed by atoms with Crippen LogP contribution in [0, 0.1) is 5.82 Å². The maximum Gasteiger partial charge on any atom is 0.326 e. The molecule has 0 aromatic heterocycles. The van der Waals surface area contributed by atoms with Gasteiger partial charge in [0, 0.05) is 12.0 Å². The molecule has 10 heteroatoms. The van der Waals surface area contributed by atoms with Crippen molar-refractivity contribution in [3.8, 4) is 11.5 Å². The Balaban J connectivity index is 1.85. The summed E-state index contributed by atoms with van der Waals surface area (Å²) in [6, 6.07) is 9.34. The third-order valence-electron chi connectivity index (χ3n) is 4.06. The minimum atomic E-state index is -4.23. The van der Waals surface area contributed by atoms with Gasteiger partial charge in [0.25, 0.3) is 5.91 Å². The van der Waals surface area contributed by atoms with Crippen molar-refractivity contribution < 1.29 is 31.9 Å². The van der Waals surface area contributed by atoms with E-state index in [1.165, 1.54) is 6.07 Å². The van der Waals surface area contributed by atoms with E-state index in [4.69, 9.17) is 9.47 Å². The molecule has 8 nitrogen and oxygen atoms in total. The smallest absolute Gasteiger partial charge is 0.326 e. The lowest BCUT2D eigenvalue weighted by Crippen LogP contribution is -2.30. The van der Waals surface area contributed by atoms with Gasteiger partial charge in [0.1, 0.15) is 30.0 Å². The maximum absolute atomic E-state index is 14.6. The van der Waals surface area contributed by atoms with Gasteiger partial charge >= 0.3 is 10.2 Å². The summed E-state index contributed by atoms with van der Waals surface area (Å²) < 4.78 is 51.7. The van der Waals surface area contributed by atoms with Gasteiger partial charge in [0.2, 0.25) is 0 Å². The predicted octanol–water partition coefficient (Wildman–Crippen LogP) is 1.45. The molecule has 1 saturated heterocycles. The van der Waals surface area contributed by atoms with Crippen molar-refractivity contribution >= 4 is 28.1 Å². The highest BCUT2D eigenvalue weighted by Crippen LogP contribution is 2.35. The van der Waals surface area contributed by atoms with E-state index in [-0.39, 0.29) is 17.9 Å². The van der Waals surface area contributed by atoms with Crippen molar-refractivity contribution in [1.29, 1.82) is 0 Å². The van der Waals surface area contributed by atoms with E-state index < -0.39 is 34.2 Å². The van der Waals surface area contributed by atoms with E-state index in [1.54, 1.807) is 24.0 Å². The van der Waals surface area contributed by atoms with Crippen LogP contribution in [0.2, 0.25) is 0 Å². The second-order valence-electron chi connectivity index (χ2n) is 5.95. The number of benzene rings is 2. The molecule has 2 aromatic carbocycles. The lowest BCUT2D eigenvalue weighted by molar-refractivity contribution is -0.117. The zero-order valence-electron chi connectivity index (χ0n) is 14.8. The van der Waals surface area contributed by atoms with Crippen LogP contribution < -0.4 is 18.5 Å². The summed E-state index contributed by atoms with van der Waals surface area (Å²) in [6.45, 7) is -0.481. The molecule has 0 unspecified atom stereocenters. The number of amides is 1. The van der Waals surface area contributed by atoms with Crippen LogP contribution in [-0.4, -0.2) is 40.9 Å². The summed E-state index contributed by atoms with van der Waals surface area (Å²) in [4.78, 5) is 22.5. The number of hydrogen-bond acceptors (Lipinski definition) is 6. The summed E-state index contributed by atoms with van der Waals surface area (Å²) in [5, 5.41) is 0. The van der Waals surface area contributed by atoms with E-state index in [1.807, 2.05) is 12.1 Å². The molecule has 1 fully saturated rings. The Morgan fingerprint density at radius 2 is 1.96 bits per heavy atom. The molecule has 28 heavy (non-hydrogen) atoms. The van der Waals surface area contributed by atoms with Gasteiger partial charge < -0.3 is 9.47 Å². The van der Waals surface area contributed by atoms with E-state index >= 15 is 0 Å². The number of hydrogen-bond donors (Lipinski definition) is 1.